The first-order chi connectivity index (χ1) is 17.0. The molecule has 0 atom stereocenters. The fourth-order valence-electron chi connectivity index (χ4n) is 4.15. The van der Waals surface area contributed by atoms with Gasteiger partial charge in [0.15, 0.2) is 11.5 Å². The second-order valence-corrected chi connectivity index (χ2v) is 8.97. The van der Waals surface area contributed by atoms with Gasteiger partial charge in [-0.15, -0.1) is 16.4 Å². The molecule has 0 fully saturated rings. The molecular weight excluding hydrogens is 464 g/mol. The zero-order valence-corrected chi connectivity index (χ0v) is 20.2. The summed E-state index contributed by atoms with van der Waals surface area (Å²) < 4.78 is 15.8. The lowest BCUT2D eigenvalue weighted by Crippen LogP contribution is -2.26. The number of fused-ring (bicyclic) bond motifs is 3. The summed E-state index contributed by atoms with van der Waals surface area (Å²) in [6, 6.07) is 15.2. The first-order valence-electron chi connectivity index (χ1n) is 11.1. The Balaban J connectivity index is 1.57. The van der Waals surface area contributed by atoms with Crippen molar-refractivity contribution < 1.29 is 9.47 Å². The van der Waals surface area contributed by atoms with Gasteiger partial charge in [0.25, 0.3) is 5.56 Å². The van der Waals surface area contributed by atoms with Gasteiger partial charge in [0.2, 0.25) is 5.78 Å². The molecule has 0 bridgehead atoms. The Labute approximate surface area is 204 Å². The average molecular weight is 489 g/mol. The van der Waals surface area contributed by atoms with Gasteiger partial charge in [-0.3, -0.25) is 9.36 Å². The van der Waals surface area contributed by atoms with Crippen LogP contribution in [-0.2, 0) is 19.5 Å². The molecule has 0 saturated carbocycles. The second kappa shape index (κ2) is 9.27. The van der Waals surface area contributed by atoms with Crippen LogP contribution in [-0.4, -0.2) is 33.0 Å². The molecule has 3 aromatic heterocycles. The van der Waals surface area contributed by atoms with Crippen molar-refractivity contribution in [1.29, 1.82) is 0 Å². The summed E-state index contributed by atoms with van der Waals surface area (Å²) in [7, 11) is 3.18. The second-order valence-electron chi connectivity index (χ2n) is 8.05. The largest absolute Gasteiger partial charge is 0.493 e. The van der Waals surface area contributed by atoms with E-state index in [-0.39, 0.29) is 11.2 Å². The van der Waals surface area contributed by atoms with Gasteiger partial charge in [0.1, 0.15) is 4.70 Å². The fraction of sp³-hybridized carbons (Fsp3) is 0.192. The lowest BCUT2D eigenvalue weighted by atomic mass is 10.1. The summed E-state index contributed by atoms with van der Waals surface area (Å²) in [4.78, 5) is 26.7. The van der Waals surface area contributed by atoms with Crippen LogP contribution in [0, 0.1) is 0 Å². The molecular formula is C26H24N4O4S. The molecule has 0 radical (unpaired) electrons. The van der Waals surface area contributed by atoms with Gasteiger partial charge in [-0.1, -0.05) is 43.0 Å². The summed E-state index contributed by atoms with van der Waals surface area (Å²) in [5.41, 5.74) is 3.05. The van der Waals surface area contributed by atoms with E-state index in [0.29, 0.717) is 47.0 Å². The third-order valence-corrected chi connectivity index (χ3v) is 6.90. The molecule has 35 heavy (non-hydrogen) atoms. The highest BCUT2D eigenvalue weighted by Gasteiger charge is 2.18. The normalized spacial score (nSPS) is 11.3. The van der Waals surface area contributed by atoms with E-state index < -0.39 is 0 Å². The number of ether oxygens (including phenoxy) is 2. The van der Waals surface area contributed by atoms with Crippen LogP contribution >= 0.6 is 11.3 Å². The molecule has 0 aliphatic heterocycles. The summed E-state index contributed by atoms with van der Waals surface area (Å²) >= 11 is 1.33. The molecule has 0 saturated heterocycles. The molecule has 8 nitrogen and oxygen atoms in total. The molecule has 0 amide bonds. The summed E-state index contributed by atoms with van der Waals surface area (Å²) in [6.45, 7) is 4.43. The lowest BCUT2D eigenvalue weighted by Gasteiger charge is -2.11. The van der Waals surface area contributed by atoms with E-state index in [9.17, 15) is 9.59 Å². The molecule has 0 unspecified atom stereocenters. The third kappa shape index (κ3) is 4.04. The van der Waals surface area contributed by atoms with Crippen molar-refractivity contribution in [3.05, 3.63) is 98.0 Å². The monoisotopic (exact) mass is 488 g/mol. The van der Waals surface area contributed by atoms with Gasteiger partial charge in [-0.2, -0.15) is 0 Å². The van der Waals surface area contributed by atoms with Crippen LogP contribution in [0.15, 0.2) is 70.1 Å². The molecule has 0 aliphatic carbocycles. The molecule has 0 N–H and O–H groups in total. The number of aryl methyl sites for hydroxylation is 2. The van der Waals surface area contributed by atoms with Gasteiger partial charge in [-0.05, 0) is 46.7 Å². The van der Waals surface area contributed by atoms with E-state index in [0.717, 1.165) is 16.7 Å². The van der Waals surface area contributed by atoms with Crippen molar-refractivity contribution in [2.75, 3.05) is 14.2 Å². The number of nitrogens with zero attached hydrogens (tertiary/aromatic N) is 4. The summed E-state index contributed by atoms with van der Waals surface area (Å²) in [5, 5.41) is 6.41. The highest BCUT2D eigenvalue weighted by Crippen LogP contribution is 2.28. The Hall–Kier alpha value is -4.11. The first kappa shape index (κ1) is 22.7. The first-order valence-corrected chi connectivity index (χ1v) is 11.9. The van der Waals surface area contributed by atoms with Gasteiger partial charge in [0, 0.05) is 6.54 Å². The highest BCUT2D eigenvalue weighted by molar-refractivity contribution is 7.17. The Morgan fingerprint density at radius 2 is 1.74 bits per heavy atom. The molecule has 3 heterocycles. The zero-order chi connectivity index (χ0) is 24.5. The van der Waals surface area contributed by atoms with E-state index in [1.165, 1.54) is 20.4 Å². The van der Waals surface area contributed by atoms with Crippen molar-refractivity contribution in [2.45, 2.75) is 19.5 Å². The highest BCUT2D eigenvalue weighted by atomic mass is 32.1. The van der Waals surface area contributed by atoms with Crippen molar-refractivity contribution >= 4 is 33.4 Å². The Morgan fingerprint density at radius 1 is 1.00 bits per heavy atom. The summed E-state index contributed by atoms with van der Waals surface area (Å²) in [5.74, 6) is 1.59. The van der Waals surface area contributed by atoms with Gasteiger partial charge in [0.05, 0.1) is 26.3 Å². The predicted molar refractivity (Wildman–Crippen MR) is 138 cm³/mol. The number of benzene rings is 2. The van der Waals surface area contributed by atoms with Crippen molar-refractivity contribution in [3.8, 4) is 11.5 Å². The van der Waals surface area contributed by atoms with E-state index in [4.69, 9.17) is 9.47 Å². The van der Waals surface area contributed by atoms with E-state index >= 15 is 0 Å². The third-order valence-electron chi connectivity index (χ3n) is 6.01. The van der Waals surface area contributed by atoms with Gasteiger partial charge >= 0.3 is 5.69 Å². The van der Waals surface area contributed by atoms with Crippen molar-refractivity contribution in [3.63, 3.8) is 0 Å². The minimum Gasteiger partial charge on any atom is -0.493 e. The van der Waals surface area contributed by atoms with E-state index in [1.807, 2.05) is 47.8 Å². The Kier molecular flexibility index (Phi) is 6.00. The maximum atomic E-state index is 13.4. The zero-order valence-electron chi connectivity index (χ0n) is 19.4. The van der Waals surface area contributed by atoms with Gasteiger partial charge in [-0.25, -0.2) is 13.9 Å². The maximum absolute atomic E-state index is 13.4. The molecule has 2 aromatic carbocycles. The number of rotatable bonds is 8. The SMILES string of the molecule is C=Cc1ccc(Cn2nc3n(CCc4ccc(OC)c(OC)c4)c(=O)c4sccc4n3c2=O)cc1. The predicted octanol–water partition coefficient (Wildman–Crippen LogP) is 3.82. The number of hydrogen-bond donors (Lipinski definition) is 0. The van der Waals surface area contributed by atoms with Crippen LogP contribution in [0.5, 0.6) is 11.5 Å². The maximum Gasteiger partial charge on any atom is 0.352 e. The van der Waals surface area contributed by atoms with Crippen LogP contribution in [0.2, 0.25) is 0 Å². The van der Waals surface area contributed by atoms with Crippen molar-refractivity contribution in [2.24, 2.45) is 0 Å². The number of thiophene rings is 1. The minimum atomic E-state index is -0.281. The molecule has 9 heteroatoms. The summed E-state index contributed by atoms with van der Waals surface area (Å²) in [6.07, 6.45) is 2.32. The minimum absolute atomic E-state index is 0.157. The lowest BCUT2D eigenvalue weighted by molar-refractivity contribution is 0.354. The standard InChI is InChI=1S/C26H24N4O4S/c1-4-17-5-7-19(8-6-17)16-29-26(32)30-20-12-14-35-23(20)24(31)28(25(30)27-29)13-11-18-9-10-21(33-2)22(15-18)34-3/h4-10,12,14-15H,1,11,13,16H2,2-3H3. The Morgan fingerprint density at radius 3 is 2.46 bits per heavy atom. The van der Waals surface area contributed by atoms with E-state index in [2.05, 4.69) is 11.7 Å². The number of aromatic nitrogens is 4. The van der Waals surface area contributed by atoms with Crippen LogP contribution < -0.4 is 20.7 Å². The smallest absolute Gasteiger partial charge is 0.352 e. The van der Waals surface area contributed by atoms with Crippen molar-refractivity contribution in [1.82, 2.24) is 18.7 Å². The van der Waals surface area contributed by atoms with Crippen LogP contribution in [0.3, 0.4) is 0 Å². The number of methoxy groups -OCH3 is 2. The topological polar surface area (TPSA) is 79.8 Å². The number of hydrogen-bond acceptors (Lipinski definition) is 6. The molecule has 5 rings (SSSR count). The van der Waals surface area contributed by atoms with Crippen LogP contribution in [0.1, 0.15) is 16.7 Å². The molecule has 5 aromatic rings. The Bertz CT molecular complexity index is 1660. The van der Waals surface area contributed by atoms with E-state index in [1.54, 1.807) is 30.9 Å². The quantitative estimate of drug-likeness (QED) is 0.332. The molecule has 0 aliphatic rings. The van der Waals surface area contributed by atoms with Crippen LogP contribution in [0.4, 0.5) is 0 Å². The fourth-order valence-corrected chi connectivity index (χ4v) is 4.97. The molecule has 0 spiro atoms. The van der Waals surface area contributed by atoms with Crippen LogP contribution in [0.25, 0.3) is 22.1 Å². The van der Waals surface area contributed by atoms with Gasteiger partial charge < -0.3 is 9.47 Å². The average Bonchev–Trinajstić information content (AvgIpc) is 3.49. The molecule has 178 valence electrons.